The first-order valence-corrected chi connectivity index (χ1v) is 14.1. The van der Waals surface area contributed by atoms with E-state index >= 15 is 0 Å². The van der Waals surface area contributed by atoms with Crippen molar-refractivity contribution in [1.29, 1.82) is 0 Å². The van der Waals surface area contributed by atoms with Gasteiger partial charge in [-0.1, -0.05) is 81.4 Å². The maximum absolute atomic E-state index is 11.4. The number of ether oxygens (including phenoxy) is 1. The van der Waals surface area contributed by atoms with Gasteiger partial charge < -0.3 is 9.16 Å². The smallest absolute Gasteiger partial charge is 0.264 e. The first kappa shape index (κ1) is 23.2. The fraction of sp³-hybridized carbons (Fsp3) is 0.478. The van der Waals surface area contributed by atoms with E-state index in [1.165, 1.54) is 10.4 Å². The first-order chi connectivity index (χ1) is 14.1. The molecule has 1 saturated heterocycles. The topological polar surface area (TPSA) is 61.8 Å². The lowest BCUT2D eigenvalue weighted by Gasteiger charge is -2.44. The molecule has 0 radical (unpaired) electrons. The molecular weight excluding hydrogens is 416 g/mol. The summed E-state index contributed by atoms with van der Waals surface area (Å²) in [5.41, 5.74) is 0. The molecular formula is C23H32O5SSi. The Bertz CT molecular complexity index is 862. The molecule has 1 heterocycles. The van der Waals surface area contributed by atoms with Crippen molar-refractivity contribution < 1.29 is 21.8 Å². The van der Waals surface area contributed by atoms with Crippen LogP contribution >= 0.6 is 0 Å². The van der Waals surface area contributed by atoms with E-state index in [0.717, 1.165) is 6.26 Å². The van der Waals surface area contributed by atoms with Gasteiger partial charge in [-0.15, -0.1) is 0 Å². The van der Waals surface area contributed by atoms with Gasteiger partial charge in [-0.25, -0.2) is 0 Å². The van der Waals surface area contributed by atoms with Gasteiger partial charge in [0, 0.05) is 0 Å². The largest absolute Gasteiger partial charge is 0.405 e. The zero-order valence-corrected chi connectivity index (χ0v) is 20.0. The van der Waals surface area contributed by atoms with Crippen LogP contribution in [0.25, 0.3) is 0 Å². The zero-order valence-electron chi connectivity index (χ0n) is 18.2. The molecule has 1 aliphatic heterocycles. The van der Waals surface area contributed by atoms with Crippen molar-refractivity contribution in [3.05, 3.63) is 60.7 Å². The second kappa shape index (κ2) is 9.32. The summed E-state index contributed by atoms with van der Waals surface area (Å²) in [4.78, 5) is 0. The standard InChI is InChI=1S/C23H32O5SSi/c1-23(2,3)30(21-11-7-5-8-12-21,22-13-9-6-10-14-22)27-18-19-15-16-20(17-26-19)28-29(4,24)25/h5-14,19-20H,15-18H2,1-4H3/t19-,20+/m0/s1. The van der Waals surface area contributed by atoms with Crippen LogP contribution in [0.1, 0.15) is 33.6 Å². The van der Waals surface area contributed by atoms with Crippen LogP contribution in [0.3, 0.4) is 0 Å². The van der Waals surface area contributed by atoms with Crippen LogP contribution in [0.15, 0.2) is 60.7 Å². The van der Waals surface area contributed by atoms with Crippen molar-refractivity contribution in [2.45, 2.75) is 50.9 Å². The highest BCUT2D eigenvalue weighted by molar-refractivity contribution is 7.86. The minimum absolute atomic E-state index is 0.0777. The van der Waals surface area contributed by atoms with E-state index in [4.69, 9.17) is 13.3 Å². The fourth-order valence-corrected chi connectivity index (χ4v) is 9.45. The predicted octanol–water partition coefficient (Wildman–Crippen LogP) is 3.09. The van der Waals surface area contributed by atoms with E-state index in [1.807, 2.05) is 12.1 Å². The Labute approximate surface area is 181 Å². The van der Waals surface area contributed by atoms with Crippen molar-refractivity contribution in [3.8, 4) is 0 Å². The predicted molar refractivity (Wildman–Crippen MR) is 122 cm³/mol. The molecule has 0 aromatic heterocycles. The maximum Gasteiger partial charge on any atom is 0.264 e. The first-order valence-electron chi connectivity index (χ1n) is 10.4. The molecule has 2 atom stereocenters. The monoisotopic (exact) mass is 448 g/mol. The third-order valence-corrected chi connectivity index (χ3v) is 11.2. The lowest BCUT2D eigenvalue weighted by Crippen LogP contribution is -2.67. The van der Waals surface area contributed by atoms with Gasteiger partial charge in [0.2, 0.25) is 0 Å². The summed E-state index contributed by atoms with van der Waals surface area (Å²) in [5.74, 6) is 0. The molecule has 0 aliphatic carbocycles. The SMILES string of the molecule is CC(C)(C)[Si](OC[C@@H]1CC[C@@H](OS(C)(=O)=O)CO1)(c1ccccc1)c1ccccc1. The molecule has 5 nitrogen and oxygen atoms in total. The Morgan fingerprint density at radius 2 is 1.50 bits per heavy atom. The molecule has 7 heteroatoms. The molecule has 0 amide bonds. The molecule has 0 saturated carbocycles. The second-order valence-corrected chi connectivity index (χ2v) is 14.8. The van der Waals surface area contributed by atoms with Crippen LogP contribution in [0.2, 0.25) is 5.04 Å². The van der Waals surface area contributed by atoms with E-state index in [-0.39, 0.29) is 17.7 Å². The molecule has 3 rings (SSSR count). The van der Waals surface area contributed by atoms with Crippen molar-refractivity contribution in [2.24, 2.45) is 0 Å². The lowest BCUT2D eigenvalue weighted by molar-refractivity contribution is -0.0610. The summed E-state index contributed by atoms with van der Waals surface area (Å²) >= 11 is 0. The minimum Gasteiger partial charge on any atom is -0.405 e. The van der Waals surface area contributed by atoms with Crippen molar-refractivity contribution in [1.82, 2.24) is 0 Å². The Morgan fingerprint density at radius 3 is 1.90 bits per heavy atom. The summed E-state index contributed by atoms with van der Waals surface area (Å²) in [6.45, 7) is 7.48. The highest BCUT2D eigenvalue weighted by Crippen LogP contribution is 2.37. The summed E-state index contributed by atoms with van der Waals surface area (Å²) in [5, 5.41) is 2.38. The molecule has 0 unspecified atom stereocenters. The molecule has 2 aromatic carbocycles. The summed E-state index contributed by atoms with van der Waals surface area (Å²) in [7, 11) is -6.07. The van der Waals surface area contributed by atoms with Gasteiger partial charge in [-0.05, 0) is 28.3 Å². The molecule has 2 aromatic rings. The lowest BCUT2D eigenvalue weighted by atomic mass is 10.1. The Hall–Kier alpha value is -1.51. The summed E-state index contributed by atoms with van der Waals surface area (Å²) in [6.07, 6.45) is 1.93. The van der Waals surface area contributed by atoms with Gasteiger partial charge in [-0.2, -0.15) is 8.42 Å². The van der Waals surface area contributed by atoms with Crippen LogP contribution < -0.4 is 10.4 Å². The van der Waals surface area contributed by atoms with Gasteiger partial charge in [0.25, 0.3) is 18.4 Å². The fourth-order valence-electron chi connectivity index (χ4n) is 4.22. The van der Waals surface area contributed by atoms with Crippen molar-refractivity contribution in [3.63, 3.8) is 0 Å². The molecule has 30 heavy (non-hydrogen) atoms. The van der Waals surface area contributed by atoms with Crippen LogP contribution in [-0.2, 0) is 23.5 Å². The highest BCUT2D eigenvalue weighted by Gasteiger charge is 2.50. The Morgan fingerprint density at radius 1 is 0.967 bits per heavy atom. The van der Waals surface area contributed by atoms with Gasteiger partial charge in [-0.3, -0.25) is 4.18 Å². The third kappa shape index (κ3) is 5.39. The van der Waals surface area contributed by atoms with Gasteiger partial charge in [0.1, 0.15) is 6.10 Å². The van der Waals surface area contributed by atoms with E-state index in [0.29, 0.717) is 19.4 Å². The van der Waals surface area contributed by atoms with E-state index < -0.39 is 24.5 Å². The maximum atomic E-state index is 11.4. The van der Waals surface area contributed by atoms with Crippen LogP contribution in [0.4, 0.5) is 0 Å². The normalized spacial score (nSPS) is 20.8. The second-order valence-electron chi connectivity index (χ2n) is 8.93. The Kier molecular flexibility index (Phi) is 7.19. The molecule has 1 fully saturated rings. The van der Waals surface area contributed by atoms with Crippen LogP contribution in [0, 0.1) is 0 Å². The van der Waals surface area contributed by atoms with E-state index in [1.54, 1.807) is 0 Å². The van der Waals surface area contributed by atoms with Crippen molar-refractivity contribution >= 4 is 28.8 Å². The summed E-state index contributed by atoms with van der Waals surface area (Å²) < 4.78 is 40.6. The molecule has 0 N–H and O–H groups in total. The Balaban J connectivity index is 1.83. The molecule has 164 valence electrons. The number of hydrogen-bond acceptors (Lipinski definition) is 5. The minimum atomic E-state index is -3.47. The van der Waals surface area contributed by atoms with Gasteiger partial charge in [0.05, 0.1) is 25.6 Å². The van der Waals surface area contributed by atoms with Crippen LogP contribution in [-0.4, -0.2) is 48.4 Å². The van der Waals surface area contributed by atoms with Crippen molar-refractivity contribution in [2.75, 3.05) is 19.5 Å². The third-order valence-electron chi connectivity index (χ3n) is 5.54. The number of benzene rings is 2. The number of hydrogen-bond donors (Lipinski definition) is 0. The van der Waals surface area contributed by atoms with E-state index in [9.17, 15) is 8.42 Å². The highest BCUT2D eigenvalue weighted by atomic mass is 32.2. The van der Waals surface area contributed by atoms with Crippen LogP contribution in [0.5, 0.6) is 0 Å². The van der Waals surface area contributed by atoms with Gasteiger partial charge >= 0.3 is 0 Å². The molecule has 0 bridgehead atoms. The molecule has 1 aliphatic rings. The van der Waals surface area contributed by atoms with E-state index in [2.05, 4.69) is 69.3 Å². The number of rotatable bonds is 7. The van der Waals surface area contributed by atoms with Gasteiger partial charge in [0.15, 0.2) is 0 Å². The summed E-state index contributed by atoms with van der Waals surface area (Å²) in [6, 6.07) is 21.0. The average Bonchev–Trinajstić information content (AvgIpc) is 2.69. The quantitative estimate of drug-likeness (QED) is 0.481. The average molecular weight is 449 g/mol. The zero-order chi connectivity index (χ0) is 21.8. The molecule has 0 spiro atoms.